The van der Waals surface area contributed by atoms with Crippen molar-refractivity contribution in [2.24, 2.45) is 0 Å². The van der Waals surface area contributed by atoms with Crippen LogP contribution in [0.25, 0.3) is 0 Å². The molecule has 0 bridgehead atoms. The molecule has 0 unspecified atom stereocenters. The topological polar surface area (TPSA) is 38.3 Å². The van der Waals surface area contributed by atoms with Gasteiger partial charge in [-0.3, -0.25) is 4.79 Å². The van der Waals surface area contributed by atoms with E-state index in [2.05, 4.69) is 5.32 Å². The van der Waals surface area contributed by atoms with E-state index in [1.165, 1.54) is 0 Å². The fourth-order valence-corrected chi connectivity index (χ4v) is 4.48. The zero-order valence-electron chi connectivity index (χ0n) is 12.0. The molecule has 1 aliphatic heterocycles. The summed E-state index contributed by atoms with van der Waals surface area (Å²) in [5, 5.41) is 7.32. The van der Waals surface area contributed by atoms with Crippen LogP contribution in [-0.2, 0) is 14.9 Å². The van der Waals surface area contributed by atoms with E-state index in [1.807, 2.05) is 41.9 Å². The molecule has 5 heteroatoms. The standard InChI is InChI=1S/C16H19NO2S2/c1-16(13-4-2-10-20-13,14-5-3-11-21-14)15(18)19-12-6-8-17-9-7-12/h2-5,10-12,17H,6-9H2,1H3. The van der Waals surface area contributed by atoms with E-state index < -0.39 is 5.41 Å². The predicted molar refractivity (Wildman–Crippen MR) is 87.1 cm³/mol. The summed E-state index contributed by atoms with van der Waals surface area (Å²) in [4.78, 5) is 15.0. The van der Waals surface area contributed by atoms with Crippen molar-refractivity contribution in [2.75, 3.05) is 13.1 Å². The van der Waals surface area contributed by atoms with E-state index in [9.17, 15) is 4.79 Å². The summed E-state index contributed by atoms with van der Waals surface area (Å²) in [6.45, 7) is 3.83. The van der Waals surface area contributed by atoms with E-state index in [0.717, 1.165) is 35.7 Å². The van der Waals surface area contributed by atoms with E-state index in [1.54, 1.807) is 22.7 Å². The quantitative estimate of drug-likeness (QED) is 0.877. The third-order valence-corrected chi connectivity index (χ3v) is 6.18. The first-order valence-electron chi connectivity index (χ1n) is 7.21. The lowest BCUT2D eigenvalue weighted by atomic mass is 9.87. The summed E-state index contributed by atoms with van der Waals surface area (Å²) in [6, 6.07) is 8.02. The van der Waals surface area contributed by atoms with Gasteiger partial charge in [-0.05, 0) is 55.7 Å². The van der Waals surface area contributed by atoms with Crippen LogP contribution >= 0.6 is 22.7 Å². The highest BCUT2D eigenvalue weighted by atomic mass is 32.1. The number of ether oxygens (including phenoxy) is 1. The van der Waals surface area contributed by atoms with Crippen molar-refractivity contribution in [3.05, 3.63) is 44.8 Å². The van der Waals surface area contributed by atoms with Gasteiger partial charge in [0.25, 0.3) is 0 Å². The Hall–Kier alpha value is -1.17. The molecule has 0 amide bonds. The molecule has 3 nitrogen and oxygen atoms in total. The van der Waals surface area contributed by atoms with E-state index in [-0.39, 0.29) is 12.1 Å². The number of nitrogens with one attached hydrogen (secondary N) is 1. The van der Waals surface area contributed by atoms with Gasteiger partial charge in [0.2, 0.25) is 0 Å². The molecule has 2 aromatic rings. The van der Waals surface area contributed by atoms with E-state index >= 15 is 0 Å². The van der Waals surface area contributed by atoms with Crippen LogP contribution in [-0.4, -0.2) is 25.2 Å². The average Bonchev–Trinajstić information content (AvgIpc) is 3.21. The Bertz CT molecular complexity index is 537. The summed E-state index contributed by atoms with van der Waals surface area (Å²) >= 11 is 3.22. The number of esters is 1. The number of rotatable bonds is 4. The minimum absolute atomic E-state index is 0.0398. The van der Waals surface area contributed by atoms with Gasteiger partial charge in [-0.1, -0.05) is 12.1 Å². The molecule has 0 aliphatic carbocycles. The second-order valence-corrected chi connectivity index (χ2v) is 7.33. The van der Waals surface area contributed by atoms with Crippen molar-refractivity contribution in [1.82, 2.24) is 5.32 Å². The predicted octanol–water partition coefficient (Wildman–Crippen LogP) is 3.41. The lowest BCUT2D eigenvalue weighted by Gasteiger charge is -2.30. The molecule has 21 heavy (non-hydrogen) atoms. The van der Waals surface area contributed by atoms with Crippen LogP contribution in [0.15, 0.2) is 35.0 Å². The van der Waals surface area contributed by atoms with Crippen molar-refractivity contribution in [3.8, 4) is 0 Å². The molecule has 0 atom stereocenters. The summed E-state index contributed by atoms with van der Waals surface area (Å²) in [6.07, 6.45) is 1.84. The van der Waals surface area contributed by atoms with Crippen LogP contribution in [0.5, 0.6) is 0 Å². The second kappa shape index (κ2) is 6.30. The highest BCUT2D eigenvalue weighted by molar-refractivity contribution is 7.12. The fourth-order valence-electron chi connectivity index (χ4n) is 2.63. The monoisotopic (exact) mass is 321 g/mol. The average molecular weight is 321 g/mol. The van der Waals surface area contributed by atoms with Gasteiger partial charge in [-0.15, -0.1) is 22.7 Å². The van der Waals surface area contributed by atoms with E-state index in [0.29, 0.717) is 0 Å². The molecule has 0 aromatic carbocycles. The largest absolute Gasteiger partial charge is 0.461 e. The number of hydrogen-bond donors (Lipinski definition) is 1. The molecule has 0 radical (unpaired) electrons. The van der Waals surface area contributed by atoms with Gasteiger partial charge >= 0.3 is 5.97 Å². The highest BCUT2D eigenvalue weighted by Gasteiger charge is 2.41. The van der Waals surface area contributed by atoms with Crippen molar-refractivity contribution < 1.29 is 9.53 Å². The molecule has 112 valence electrons. The SMILES string of the molecule is CC(C(=O)OC1CCNCC1)(c1cccs1)c1cccs1. The molecular weight excluding hydrogens is 302 g/mol. The first-order valence-corrected chi connectivity index (χ1v) is 8.97. The van der Waals surface area contributed by atoms with Gasteiger partial charge in [0.05, 0.1) is 0 Å². The maximum Gasteiger partial charge on any atom is 0.322 e. The van der Waals surface area contributed by atoms with Gasteiger partial charge in [0, 0.05) is 9.75 Å². The zero-order chi connectivity index (χ0) is 14.7. The molecule has 0 saturated carbocycles. The van der Waals surface area contributed by atoms with Crippen molar-refractivity contribution in [1.29, 1.82) is 0 Å². The molecule has 1 fully saturated rings. The minimum atomic E-state index is -0.687. The van der Waals surface area contributed by atoms with Crippen molar-refractivity contribution >= 4 is 28.6 Å². The normalized spacial score (nSPS) is 16.8. The number of thiophene rings is 2. The maximum absolute atomic E-state index is 12.9. The molecule has 1 saturated heterocycles. The molecular formula is C16H19NO2S2. The Kier molecular flexibility index (Phi) is 4.42. The van der Waals surface area contributed by atoms with Crippen LogP contribution in [0.3, 0.4) is 0 Å². The lowest BCUT2D eigenvalue weighted by molar-refractivity contribution is -0.154. The van der Waals surface area contributed by atoms with Crippen LogP contribution in [0, 0.1) is 0 Å². The van der Waals surface area contributed by atoms with Crippen LogP contribution in [0.2, 0.25) is 0 Å². The third-order valence-electron chi connectivity index (χ3n) is 4.00. The Labute approximate surface area is 133 Å². The number of piperidine rings is 1. The molecule has 3 rings (SSSR count). The third kappa shape index (κ3) is 2.91. The molecule has 0 spiro atoms. The lowest BCUT2D eigenvalue weighted by Crippen LogP contribution is -2.40. The van der Waals surface area contributed by atoms with Gasteiger partial charge < -0.3 is 10.1 Å². The van der Waals surface area contributed by atoms with Gasteiger partial charge in [-0.25, -0.2) is 0 Å². The minimum Gasteiger partial charge on any atom is -0.461 e. The van der Waals surface area contributed by atoms with Gasteiger partial charge in [-0.2, -0.15) is 0 Å². The summed E-state index contributed by atoms with van der Waals surface area (Å²) in [5.41, 5.74) is -0.687. The number of carbonyl (C=O) groups excluding carboxylic acids is 1. The fraction of sp³-hybridized carbons (Fsp3) is 0.438. The Morgan fingerprint density at radius 1 is 1.19 bits per heavy atom. The first-order chi connectivity index (χ1) is 10.2. The maximum atomic E-state index is 12.9. The summed E-state index contributed by atoms with van der Waals surface area (Å²) < 4.78 is 5.84. The molecule has 1 N–H and O–H groups in total. The Morgan fingerprint density at radius 3 is 2.24 bits per heavy atom. The summed E-state index contributed by atoms with van der Waals surface area (Å²) in [7, 11) is 0. The molecule has 1 aliphatic rings. The number of carbonyl (C=O) groups is 1. The Morgan fingerprint density at radius 2 is 1.76 bits per heavy atom. The van der Waals surface area contributed by atoms with Crippen LogP contribution in [0.1, 0.15) is 29.5 Å². The van der Waals surface area contributed by atoms with Crippen molar-refractivity contribution in [2.45, 2.75) is 31.3 Å². The smallest absolute Gasteiger partial charge is 0.322 e. The van der Waals surface area contributed by atoms with E-state index in [4.69, 9.17) is 4.74 Å². The van der Waals surface area contributed by atoms with Crippen LogP contribution < -0.4 is 5.32 Å². The van der Waals surface area contributed by atoms with Crippen LogP contribution in [0.4, 0.5) is 0 Å². The van der Waals surface area contributed by atoms with Crippen molar-refractivity contribution in [3.63, 3.8) is 0 Å². The summed E-state index contributed by atoms with van der Waals surface area (Å²) in [5.74, 6) is -0.126. The highest BCUT2D eigenvalue weighted by Crippen LogP contribution is 2.39. The van der Waals surface area contributed by atoms with Gasteiger partial charge in [0.15, 0.2) is 0 Å². The molecule has 3 heterocycles. The Balaban J connectivity index is 1.87. The first kappa shape index (κ1) is 14.8. The number of hydrogen-bond acceptors (Lipinski definition) is 5. The zero-order valence-corrected chi connectivity index (χ0v) is 13.6. The van der Waals surface area contributed by atoms with Gasteiger partial charge in [0.1, 0.15) is 11.5 Å². The second-order valence-electron chi connectivity index (χ2n) is 5.43. The molecule has 2 aromatic heterocycles.